The quantitative estimate of drug-likeness (QED) is 0.875. The number of ether oxygens (including phenoxy) is 1. The van der Waals surface area contributed by atoms with Crippen LogP contribution < -0.4 is 9.46 Å². The number of rotatable bonds is 6. The Morgan fingerprint density at radius 1 is 1.12 bits per heavy atom. The molecule has 1 fully saturated rings. The van der Waals surface area contributed by atoms with E-state index >= 15 is 0 Å². The van der Waals surface area contributed by atoms with Gasteiger partial charge in [0, 0.05) is 18.7 Å². The highest BCUT2D eigenvalue weighted by Gasteiger charge is 2.36. The largest absolute Gasteiger partial charge is 0.496 e. The highest BCUT2D eigenvalue weighted by Crippen LogP contribution is 2.38. The van der Waals surface area contributed by atoms with Crippen LogP contribution in [0.2, 0.25) is 0 Å². The average Bonchev–Trinajstić information content (AvgIpc) is 3.11. The summed E-state index contributed by atoms with van der Waals surface area (Å²) in [5.41, 5.74) is 1.86. The third kappa shape index (κ3) is 3.61. The Morgan fingerprint density at radius 3 is 2.58 bits per heavy atom. The van der Waals surface area contributed by atoms with Crippen molar-refractivity contribution in [3.63, 3.8) is 0 Å². The first-order valence-corrected chi connectivity index (χ1v) is 9.49. The summed E-state index contributed by atoms with van der Waals surface area (Å²) in [6.45, 7) is 0.811. The number of hydrogen-bond acceptors (Lipinski definition) is 3. The summed E-state index contributed by atoms with van der Waals surface area (Å²) in [6.07, 6.45) is 1.64. The van der Waals surface area contributed by atoms with Gasteiger partial charge in [-0.05, 0) is 24.5 Å². The van der Waals surface area contributed by atoms with Gasteiger partial charge in [-0.25, -0.2) is 0 Å². The van der Waals surface area contributed by atoms with Crippen molar-refractivity contribution < 1.29 is 13.2 Å². The van der Waals surface area contributed by atoms with Gasteiger partial charge in [0.2, 0.25) is 0 Å². The Morgan fingerprint density at radius 2 is 1.83 bits per heavy atom. The van der Waals surface area contributed by atoms with Crippen molar-refractivity contribution in [3.8, 4) is 5.75 Å². The zero-order valence-corrected chi connectivity index (χ0v) is 14.5. The van der Waals surface area contributed by atoms with Crippen molar-refractivity contribution in [3.05, 3.63) is 65.7 Å². The summed E-state index contributed by atoms with van der Waals surface area (Å²) in [5, 5.41) is 0. The molecule has 0 amide bonds. The first-order chi connectivity index (χ1) is 11.6. The van der Waals surface area contributed by atoms with Gasteiger partial charge < -0.3 is 4.74 Å². The molecular formula is C18H22N2O3S. The summed E-state index contributed by atoms with van der Waals surface area (Å²) < 4.78 is 35.2. The van der Waals surface area contributed by atoms with E-state index in [1.165, 1.54) is 0 Å². The maximum Gasteiger partial charge on any atom is 0.280 e. The maximum atomic E-state index is 12.8. The molecule has 3 rings (SSSR count). The van der Waals surface area contributed by atoms with Gasteiger partial charge >= 0.3 is 0 Å². The molecular weight excluding hydrogens is 324 g/mol. The molecule has 0 aliphatic carbocycles. The number of benzene rings is 2. The van der Waals surface area contributed by atoms with Crippen LogP contribution in [0.15, 0.2) is 54.6 Å². The minimum Gasteiger partial charge on any atom is -0.496 e. The van der Waals surface area contributed by atoms with Crippen molar-refractivity contribution in [2.45, 2.75) is 25.4 Å². The molecule has 5 nitrogen and oxygen atoms in total. The van der Waals surface area contributed by atoms with E-state index < -0.39 is 10.2 Å². The van der Waals surface area contributed by atoms with Crippen LogP contribution in [0.4, 0.5) is 0 Å². The molecule has 0 radical (unpaired) electrons. The second-order valence-electron chi connectivity index (χ2n) is 5.82. The number of hydrogen-bond donors (Lipinski definition) is 1. The zero-order valence-electron chi connectivity index (χ0n) is 13.7. The highest BCUT2D eigenvalue weighted by molar-refractivity contribution is 7.87. The van der Waals surface area contributed by atoms with Crippen molar-refractivity contribution in [1.82, 2.24) is 9.03 Å². The van der Waals surface area contributed by atoms with Crippen LogP contribution in [0.1, 0.15) is 30.0 Å². The molecule has 1 N–H and O–H groups in total. The van der Waals surface area contributed by atoms with Gasteiger partial charge in [-0.15, -0.1) is 0 Å². The van der Waals surface area contributed by atoms with Gasteiger partial charge in [-0.3, -0.25) is 0 Å². The van der Waals surface area contributed by atoms with E-state index in [0.717, 1.165) is 29.7 Å². The molecule has 2 aromatic rings. The lowest BCUT2D eigenvalue weighted by Crippen LogP contribution is -2.40. The third-order valence-electron chi connectivity index (χ3n) is 4.31. The van der Waals surface area contributed by atoms with E-state index in [-0.39, 0.29) is 12.6 Å². The minimum atomic E-state index is -3.55. The number of nitrogens with zero attached hydrogens (tertiary/aromatic N) is 1. The Bertz CT molecular complexity index is 778. The van der Waals surface area contributed by atoms with Gasteiger partial charge in [-0.1, -0.05) is 48.5 Å². The van der Waals surface area contributed by atoms with E-state index in [2.05, 4.69) is 4.72 Å². The van der Waals surface area contributed by atoms with Crippen molar-refractivity contribution >= 4 is 10.2 Å². The van der Waals surface area contributed by atoms with Gasteiger partial charge in [-0.2, -0.15) is 17.4 Å². The maximum absolute atomic E-state index is 12.8. The van der Waals surface area contributed by atoms with Crippen LogP contribution in [0.3, 0.4) is 0 Å². The molecule has 6 heteroatoms. The van der Waals surface area contributed by atoms with Gasteiger partial charge in [0.05, 0.1) is 13.2 Å². The molecule has 0 spiro atoms. The summed E-state index contributed by atoms with van der Waals surface area (Å²) in [7, 11) is -1.94. The van der Waals surface area contributed by atoms with E-state index in [1.54, 1.807) is 11.4 Å². The van der Waals surface area contributed by atoms with Crippen LogP contribution in [0, 0.1) is 0 Å². The normalized spacial score (nSPS) is 18.6. The summed E-state index contributed by atoms with van der Waals surface area (Å²) in [5.74, 6) is 0.729. The second kappa shape index (κ2) is 7.34. The van der Waals surface area contributed by atoms with E-state index in [0.29, 0.717) is 6.54 Å². The van der Waals surface area contributed by atoms with Crippen molar-refractivity contribution in [2.24, 2.45) is 0 Å². The van der Waals surface area contributed by atoms with Crippen LogP contribution in [0.5, 0.6) is 5.75 Å². The fourth-order valence-electron chi connectivity index (χ4n) is 3.13. The van der Waals surface area contributed by atoms with Gasteiger partial charge in [0.1, 0.15) is 5.75 Å². The predicted molar refractivity (Wildman–Crippen MR) is 93.9 cm³/mol. The van der Waals surface area contributed by atoms with Crippen LogP contribution in [-0.4, -0.2) is 26.4 Å². The zero-order chi connectivity index (χ0) is 17.0. The molecule has 1 saturated heterocycles. The van der Waals surface area contributed by atoms with Crippen molar-refractivity contribution in [2.75, 3.05) is 13.7 Å². The lowest BCUT2D eigenvalue weighted by molar-refractivity contribution is 0.363. The van der Waals surface area contributed by atoms with Gasteiger partial charge in [0.25, 0.3) is 10.2 Å². The minimum absolute atomic E-state index is 0.186. The number of methoxy groups -OCH3 is 1. The molecule has 0 unspecified atom stereocenters. The summed E-state index contributed by atoms with van der Waals surface area (Å²) >= 11 is 0. The molecule has 24 heavy (non-hydrogen) atoms. The van der Waals surface area contributed by atoms with Gasteiger partial charge in [0.15, 0.2) is 0 Å². The van der Waals surface area contributed by atoms with Crippen LogP contribution >= 0.6 is 0 Å². The van der Waals surface area contributed by atoms with E-state index in [1.807, 2.05) is 54.6 Å². The third-order valence-corrected chi connectivity index (χ3v) is 5.88. The SMILES string of the molecule is COc1ccccc1[C@H]1CCCN1S(=O)(=O)NCc1ccccc1. The van der Waals surface area contributed by atoms with Crippen LogP contribution in [-0.2, 0) is 16.8 Å². The Labute approximate surface area is 143 Å². The molecule has 2 aromatic carbocycles. The first-order valence-electron chi connectivity index (χ1n) is 8.05. The molecule has 0 saturated carbocycles. The fraction of sp³-hybridized carbons (Fsp3) is 0.333. The Hall–Kier alpha value is -1.89. The highest BCUT2D eigenvalue weighted by atomic mass is 32.2. The average molecular weight is 346 g/mol. The number of nitrogens with one attached hydrogen (secondary N) is 1. The van der Waals surface area contributed by atoms with E-state index in [9.17, 15) is 8.42 Å². The molecule has 1 heterocycles. The number of para-hydroxylation sites is 1. The molecule has 128 valence electrons. The first kappa shape index (κ1) is 17.0. The molecule has 0 bridgehead atoms. The second-order valence-corrected chi connectivity index (χ2v) is 7.53. The molecule has 1 atom stereocenters. The summed E-state index contributed by atoms with van der Waals surface area (Å²) in [6, 6.07) is 17.0. The predicted octanol–water partition coefficient (Wildman–Crippen LogP) is 2.87. The fourth-order valence-corrected chi connectivity index (χ4v) is 4.57. The lowest BCUT2D eigenvalue weighted by atomic mass is 10.0. The topological polar surface area (TPSA) is 58.6 Å². The van der Waals surface area contributed by atoms with Crippen molar-refractivity contribution in [1.29, 1.82) is 0 Å². The molecule has 1 aliphatic rings. The lowest BCUT2D eigenvalue weighted by Gasteiger charge is -2.25. The Kier molecular flexibility index (Phi) is 5.18. The smallest absolute Gasteiger partial charge is 0.280 e. The monoisotopic (exact) mass is 346 g/mol. The molecule has 1 aliphatic heterocycles. The summed E-state index contributed by atoms with van der Waals surface area (Å²) in [4.78, 5) is 0. The van der Waals surface area contributed by atoms with E-state index in [4.69, 9.17) is 4.74 Å². The Balaban J connectivity index is 1.79. The standard InChI is InChI=1S/C18H22N2O3S/c1-23-18-12-6-5-10-16(18)17-11-7-13-20(17)24(21,22)19-14-15-8-3-2-4-9-15/h2-6,8-10,12,17,19H,7,11,13-14H2,1H3/t17-/m1/s1. The molecule has 0 aromatic heterocycles. The van der Waals surface area contributed by atoms with Crippen LogP contribution in [0.25, 0.3) is 0 Å².